The van der Waals surface area contributed by atoms with Crippen molar-refractivity contribution in [1.29, 1.82) is 0 Å². The number of aromatic nitrogens is 2. The van der Waals surface area contributed by atoms with Gasteiger partial charge >= 0.3 is 0 Å². The zero-order valence-corrected chi connectivity index (χ0v) is 27.6. The fraction of sp³-hybridized carbons (Fsp3) is 0.353. The maximum atomic E-state index is 12.2. The van der Waals surface area contributed by atoms with E-state index in [9.17, 15) is 10.1 Å². The molecule has 2 fully saturated rings. The van der Waals surface area contributed by atoms with Gasteiger partial charge in [-0.2, -0.15) is 0 Å². The highest BCUT2D eigenvalue weighted by Crippen LogP contribution is 2.46. The second-order valence-corrected chi connectivity index (χ2v) is 13.1. The van der Waals surface area contributed by atoms with Crippen molar-refractivity contribution in [3.8, 4) is 11.4 Å². The predicted molar refractivity (Wildman–Crippen MR) is 183 cm³/mol. The molecule has 2 saturated heterocycles. The van der Waals surface area contributed by atoms with Crippen LogP contribution >= 0.6 is 23.8 Å². The monoisotopic (exact) mass is 644 g/mol. The second-order valence-electron chi connectivity index (χ2n) is 12.3. The van der Waals surface area contributed by atoms with Gasteiger partial charge in [-0.05, 0) is 98.4 Å². The van der Waals surface area contributed by atoms with Gasteiger partial charge in [0.2, 0.25) is 0 Å². The Bertz CT molecular complexity index is 1750. The Morgan fingerprint density at radius 3 is 2.42 bits per heavy atom. The standard InChI is InChI=1S/C34H37ClN6O3S/c1-20-14-21(2)19-38(18-20)29-11-9-24(16-27(29)35)40-33(32(37-34(40)45)28-8-6-7-13-36-28)26-15-22(3)39(23(26)4)30-12-10-25(44-5)17-31(30)41(42)43/h6-13,15-17,20-21,32-33H,14,18-19H2,1-5H3,(H,37,45)/t20-,21+,32-,33+/m0/s1. The average molecular weight is 645 g/mol. The summed E-state index contributed by atoms with van der Waals surface area (Å²) < 4.78 is 7.21. The Morgan fingerprint density at radius 2 is 1.78 bits per heavy atom. The molecule has 2 aliphatic heterocycles. The first-order chi connectivity index (χ1) is 21.6. The number of halogens is 1. The van der Waals surface area contributed by atoms with E-state index in [2.05, 4.69) is 52.1 Å². The van der Waals surface area contributed by atoms with Crippen molar-refractivity contribution in [2.75, 3.05) is 30.0 Å². The molecule has 0 bridgehead atoms. The topological polar surface area (TPSA) is 88.7 Å². The van der Waals surface area contributed by atoms with E-state index >= 15 is 0 Å². The largest absolute Gasteiger partial charge is 0.496 e. The van der Waals surface area contributed by atoms with E-state index in [-0.39, 0.29) is 22.7 Å². The average Bonchev–Trinajstić information content (AvgIpc) is 3.51. The van der Waals surface area contributed by atoms with Gasteiger partial charge in [-0.15, -0.1) is 0 Å². The number of nitro benzene ring substituents is 1. The number of hydrogen-bond donors (Lipinski definition) is 1. The molecular weight excluding hydrogens is 608 g/mol. The van der Waals surface area contributed by atoms with Crippen molar-refractivity contribution in [3.05, 3.63) is 105 Å². The number of benzene rings is 2. The molecule has 2 aromatic carbocycles. The molecule has 11 heteroatoms. The normalized spacial score (nSPS) is 21.6. The van der Waals surface area contributed by atoms with Crippen LogP contribution in [0.3, 0.4) is 0 Å². The SMILES string of the molecule is COc1ccc(-n2c(C)cc([C@@H]3[C@H](c4ccccn4)NC(=S)N3c3ccc(N4C[C@H](C)C[C@H](C)C4)c(Cl)c3)c2C)c([N+](=O)[O-])c1. The minimum absolute atomic E-state index is 0.0374. The van der Waals surface area contributed by atoms with Crippen LogP contribution in [0.25, 0.3) is 5.69 Å². The predicted octanol–water partition coefficient (Wildman–Crippen LogP) is 7.72. The lowest BCUT2D eigenvalue weighted by Crippen LogP contribution is -2.38. The summed E-state index contributed by atoms with van der Waals surface area (Å²) in [5.74, 6) is 1.62. The van der Waals surface area contributed by atoms with E-state index in [0.717, 1.165) is 47.1 Å². The van der Waals surface area contributed by atoms with Gasteiger partial charge in [0.05, 0.1) is 46.6 Å². The molecular formula is C34H37ClN6O3S. The van der Waals surface area contributed by atoms with E-state index in [4.69, 9.17) is 28.6 Å². The maximum Gasteiger partial charge on any atom is 0.296 e. The number of piperidine rings is 1. The van der Waals surface area contributed by atoms with E-state index in [1.165, 1.54) is 19.6 Å². The molecule has 0 saturated carbocycles. The van der Waals surface area contributed by atoms with Gasteiger partial charge in [-0.3, -0.25) is 15.1 Å². The first-order valence-electron chi connectivity index (χ1n) is 15.1. The van der Waals surface area contributed by atoms with Crippen molar-refractivity contribution in [2.45, 2.75) is 46.2 Å². The highest BCUT2D eigenvalue weighted by molar-refractivity contribution is 7.80. The van der Waals surface area contributed by atoms with Crippen molar-refractivity contribution < 1.29 is 9.66 Å². The van der Waals surface area contributed by atoms with Gasteiger partial charge in [0.25, 0.3) is 5.69 Å². The zero-order valence-electron chi connectivity index (χ0n) is 26.0. The van der Waals surface area contributed by atoms with Crippen LogP contribution in [-0.4, -0.2) is 39.8 Å². The molecule has 45 heavy (non-hydrogen) atoms. The van der Waals surface area contributed by atoms with Gasteiger partial charge in [-0.1, -0.05) is 31.5 Å². The van der Waals surface area contributed by atoms with E-state index in [0.29, 0.717) is 33.4 Å². The van der Waals surface area contributed by atoms with Crippen molar-refractivity contribution in [3.63, 3.8) is 0 Å². The van der Waals surface area contributed by atoms with Gasteiger partial charge in [-0.25, -0.2) is 0 Å². The lowest BCUT2D eigenvalue weighted by atomic mass is 9.91. The zero-order chi connectivity index (χ0) is 32.0. The number of methoxy groups -OCH3 is 1. The number of nitrogens with zero attached hydrogens (tertiary/aromatic N) is 5. The third kappa shape index (κ3) is 5.73. The van der Waals surface area contributed by atoms with Crippen molar-refractivity contribution in [1.82, 2.24) is 14.9 Å². The number of aryl methyl sites for hydroxylation is 1. The third-order valence-corrected chi connectivity index (χ3v) is 9.54. The van der Waals surface area contributed by atoms with Gasteiger partial charge < -0.3 is 24.4 Å². The number of pyridine rings is 1. The smallest absolute Gasteiger partial charge is 0.296 e. The van der Waals surface area contributed by atoms with Crippen LogP contribution in [0.2, 0.25) is 5.02 Å². The van der Waals surface area contributed by atoms with Gasteiger partial charge in [0.15, 0.2) is 5.11 Å². The first-order valence-corrected chi connectivity index (χ1v) is 15.9. The van der Waals surface area contributed by atoms with Crippen molar-refractivity contribution >= 4 is 46.0 Å². The minimum Gasteiger partial charge on any atom is -0.496 e. The van der Waals surface area contributed by atoms with Gasteiger partial charge in [0, 0.05) is 36.4 Å². The number of ether oxygens (including phenoxy) is 1. The van der Waals surface area contributed by atoms with Crippen LogP contribution in [0.4, 0.5) is 17.1 Å². The Balaban J connectivity index is 1.46. The van der Waals surface area contributed by atoms with Crippen molar-refractivity contribution in [2.24, 2.45) is 11.8 Å². The summed E-state index contributed by atoms with van der Waals surface area (Å²) >= 11 is 13.0. The molecule has 234 valence electrons. The molecule has 4 atom stereocenters. The Kier molecular flexibility index (Phi) is 8.45. The Labute approximate surface area is 273 Å². The fourth-order valence-electron chi connectivity index (χ4n) is 7.13. The van der Waals surface area contributed by atoms with E-state index in [1.807, 2.05) is 42.7 Å². The lowest BCUT2D eigenvalue weighted by Gasteiger charge is -2.37. The highest BCUT2D eigenvalue weighted by Gasteiger charge is 2.43. The molecule has 0 amide bonds. The van der Waals surface area contributed by atoms with Crippen LogP contribution < -0.4 is 19.9 Å². The molecule has 2 aromatic heterocycles. The summed E-state index contributed by atoms with van der Waals surface area (Å²) in [5, 5.41) is 16.9. The van der Waals surface area contributed by atoms with Crippen LogP contribution in [0.5, 0.6) is 5.75 Å². The number of anilines is 2. The van der Waals surface area contributed by atoms with Crippen LogP contribution in [0, 0.1) is 35.8 Å². The molecule has 9 nitrogen and oxygen atoms in total. The number of hydrogen-bond acceptors (Lipinski definition) is 6. The van der Waals surface area contributed by atoms with Crippen LogP contribution in [0.15, 0.2) is 66.9 Å². The molecule has 0 unspecified atom stereocenters. The molecule has 0 spiro atoms. The van der Waals surface area contributed by atoms with Crippen LogP contribution in [-0.2, 0) is 0 Å². The van der Waals surface area contributed by atoms with E-state index < -0.39 is 0 Å². The van der Waals surface area contributed by atoms with E-state index in [1.54, 1.807) is 18.3 Å². The number of nitrogens with one attached hydrogen (secondary N) is 1. The fourth-order valence-corrected chi connectivity index (χ4v) is 7.77. The number of rotatable bonds is 7. The molecule has 4 heterocycles. The second kappa shape index (κ2) is 12.3. The minimum atomic E-state index is -0.376. The highest BCUT2D eigenvalue weighted by atomic mass is 35.5. The Morgan fingerprint density at radius 1 is 1.04 bits per heavy atom. The lowest BCUT2D eigenvalue weighted by molar-refractivity contribution is -0.384. The molecule has 1 N–H and O–H groups in total. The molecule has 0 radical (unpaired) electrons. The number of thiocarbonyl (C=S) groups is 1. The third-order valence-electron chi connectivity index (χ3n) is 8.93. The summed E-state index contributed by atoms with van der Waals surface area (Å²) in [7, 11) is 1.50. The summed E-state index contributed by atoms with van der Waals surface area (Å²) in [6, 6.07) is 18.4. The Hall–Kier alpha value is -4.15. The van der Waals surface area contributed by atoms with Crippen LogP contribution in [0.1, 0.15) is 55.0 Å². The molecule has 6 rings (SSSR count). The quantitative estimate of drug-likeness (QED) is 0.124. The molecule has 0 aliphatic carbocycles. The maximum absolute atomic E-state index is 12.2. The summed E-state index contributed by atoms with van der Waals surface area (Å²) in [6.07, 6.45) is 2.99. The van der Waals surface area contributed by atoms with Gasteiger partial charge in [0.1, 0.15) is 11.4 Å². The summed E-state index contributed by atoms with van der Waals surface area (Å²) in [5.41, 5.74) is 5.85. The molecule has 2 aliphatic rings. The number of nitro groups is 1. The summed E-state index contributed by atoms with van der Waals surface area (Å²) in [6.45, 7) is 10.5. The molecule has 4 aromatic rings. The first kappa shape index (κ1) is 30.9. The summed E-state index contributed by atoms with van der Waals surface area (Å²) in [4.78, 5) is 20.9.